The van der Waals surface area contributed by atoms with Crippen LogP contribution < -0.4 is 4.90 Å². The number of rotatable bonds is 5. The molecule has 0 spiro atoms. The van der Waals surface area contributed by atoms with Crippen LogP contribution in [0.15, 0.2) is 71.6 Å². The number of piperazine rings is 1. The molecule has 3 aromatic rings. The summed E-state index contributed by atoms with van der Waals surface area (Å²) in [6.07, 6.45) is 0. The Balaban J connectivity index is 1.58. The Morgan fingerprint density at radius 3 is 2.16 bits per heavy atom. The maximum Gasteiger partial charge on any atom is 0.0680 e. The summed E-state index contributed by atoms with van der Waals surface area (Å²) in [6.45, 7) is 7.11. The van der Waals surface area contributed by atoms with Crippen LogP contribution >= 0.6 is 46.8 Å². The fourth-order valence-corrected chi connectivity index (χ4v) is 5.46. The summed E-state index contributed by atoms with van der Waals surface area (Å²) in [4.78, 5) is 3.64. The van der Waals surface area contributed by atoms with Crippen LogP contribution in [0.4, 0.5) is 5.69 Å². The van der Waals surface area contributed by atoms with E-state index in [1.165, 1.54) is 16.0 Å². The fourth-order valence-electron chi connectivity index (χ4n) is 3.88. The Labute approximate surface area is 204 Å². The van der Waals surface area contributed by atoms with Crippen molar-refractivity contribution in [2.24, 2.45) is 0 Å². The zero-order valence-corrected chi connectivity index (χ0v) is 20.6. The van der Waals surface area contributed by atoms with Gasteiger partial charge < -0.3 is 4.90 Å². The predicted molar refractivity (Wildman–Crippen MR) is 136 cm³/mol. The zero-order valence-electron chi connectivity index (χ0n) is 17.6. The van der Waals surface area contributed by atoms with Gasteiger partial charge in [0.05, 0.1) is 16.8 Å². The number of benzene rings is 3. The normalized spacial score (nSPS) is 17.4. The van der Waals surface area contributed by atoms with Crippen molar-refractivity contribution in [3.8, 4) is 0 Å². The van der Waals surface area contributed by atoms with Gasteiger partial charge in [0.15, 0.2) is 0 Å². The van der Waals surface area contributed by atoms with Gasteiger partial charge in [-0.05, 0) is 71.5 Å². The molecule has 162 valence electrons. The molecule has 0 aromatic heterocycles. The number of hydrogen-bond acceptors (Lipinski definition) is 3. The van der Waals surface area contributed by atoms with E-state index in [-0.39, 0.29) is 6.04 Å². The molecule has 1 heterocycles. The van der Waals surface area contributed by atoms with Crippen molar-refractivity contribution in [2.75, 3.05) is 24.5 Å². The van der Waals surface area contributed by atoms with Crippen LogP contribution in [-0.4, -0.2) is 23.9 Å². The highest BCUT2D eigenvalue weighted by Gasteiger charge is 2.30. The number of anilines is 1. The third kappa shape index (κ3) is 5.53. The molecule has 31 heavy (non-hydrogen) atoms. The third-order valence-corrected chi connectivity index (χ3v) is 7.46. The minimum atomic E-state index is 0.159. The molecule has 2 nitrogen and oxygen atoms in total. The van der Waals surface area contributed by atoms with E-state index in [0.717, 1.165) is 30.3 Å². The minimum absolute atomic E-state index is 0.159. The number of halogens is 3. The van der Waals surface area contributed by atoms with E-state index in [4.69, 9.17) is 34.8 Å². The molecule has 0 radical (unpaired) electrons. The van der Waals surface area contributed by atoms with E-state index in [9.17, 15) is 0 Å². The molecule has 0 saturated carbocycles. The largest absolute Gasteiger partial charge is 0.361 e. The Morgan fingerprint density at radius 2 is 1.52 bits per heavy atom. The molecule has 1 atom stereocenters. The third-order valence-electron chi connectivity index (χ3n) is 5.60. The molecule has 1 fully saturated rings. The van der Waals surface area contributed by atoms with Gasteiger partial charge in [0.2, 0.25) is 0 Å². The molecular weight excluding hydrogens is 467 g/mol. The van der Waals surface area contributed by atoms with Crippen molar-refractivity contribution >= 4 is 52.4 Å². The topological polar surface area (TPSA) is 6.48 Å². The molecule has 0 aliphatic carbocycles. The summed E-state index contributed by atoms with van der Waals surface area (Å²) < 4.78 is 2.43. The Bertz CT molecular complexity index is 1020. The van der Waals surface area contributed by atoms with Gasteiger partial charge in [-0.15, -0.1) is 0 Å². The zero-order chi connectivity index (χ0) is 22.0. The van der Waals surface area contributed by atoms with Crippen LogP contribution in [0.2, 0.25) is 15.1 Å². The fraction of sp³-hybridized carbons (Fsp3) is 0.280. The van der Waals surface area contributed by atoms with Gasteiger partial charge in [0.1, 0.15) is 0 Å². The first-order chi connectivity index (χ1) is 14.9. The van der Waals surface area contributed by atoms with Crippen molar-refractivity contribution in [3.63, 3.8) is 0 Å². The van der Waals surface area contributed by atoms with Gasteiger partial charge in [-0.2, -0.15) is 0 Å². The van der Waals surface area contributed by atoms with Crippen LogP contribution in [0.1, 0.15) is 36.9 Å². The highest BCUT2D eigenvalue weighted by atomic mass is 35.5. The Kier molecular flexibility index (Phi) is 7.40. The highest BCUT2D eigenvalue weighted by Crippen LogP contribution is 2.39. The van der Waals surface area contributed by atoms with E-state index in [2.05, 4.69) is 59.5 Å². The molecule has 1 unspecified atom stereocenters. The maximum atomic E-state index is 6.58. The SMILES string of the molecule is CC(C)c1ccc(SN2CCN(c3ccc(Cl)cc3Cl)C(c3ccc(Cl)cc3)C2)cc1. The van der Waals surface area contributed by atoms with Crippen molar-refractivity contribution in [1.82, 2.24) is 4.31 Å². The molecule has 0 amide bonds. The number of nitrogens with zero attached hydrogens (tertiary/aromatic N) is 2. The highest BCUT2D eigenvalue weighted by molar-refractivity contribution is 7.97. The first-order valence-electron chi connectivity index (χ1n) is 10.4. The van der Waals surface area contributed by atoms with Crippen LogP contribution in [0.25, 0.3) is 0 Å². The van der Waals surface area contributed by atoms with Crippen LogP contribution in [0.3, 0.4) is 0 Å². The molecule has 0 bridgehead atoms. The molecule has 4 rings (SSSR count). The summed E-state index contributed by atoms with van der Waals surface area (Å²) in [7, 11) is 0. The lowest BCUT2D eigenvalue weighted by Crippen LogP contribution is -2.46. The first kappa shape index (κ1) is 22.8. The summed E-state index contributed by atoms with van der Waals surface area (Å²) in [5.41, 5.74) is 3.60. The lowest BCUT2D eigenvalue weighted by atomic mass is 10.0. The van der Waals surface area contributed by atoms with Crippen LogP contribution in [-0.2, 0) is 0 Å². The lowest BCUT2D eigenvalue weighted by Gasteiger charge is -2.43. The van der Waals surface area contributed by atoms with Gasteiger partial charge in [-0.3, -0.25) is 0 Å². The standard InChI is InChI=1S/C25H25Cl3N2S/c1-17(2)18-5-10-22(11-6-18)31-29-13-14-30(24-12-9-21(27)15-23(24)28)25(16-29)19-3-7-20(26)8-4-19/h3-12,15,17,25H,13-14,16H2,1-2H3. The van der Waals surface area contributed by atoms with Crippen LogP contribution in [0, 0.1) is 0 Å². The van der Waals surface area contributed by atoms with E-state index >= 15 is 0 Å². The summed E-state index contributed by atoms with van der Waals surface area (Å²) in [5.74, 6) is 0.543. The average Bonchev–Trinajstić information content (AvgIpc) is 2.75. The van der Waals surface area contributed by atoms with Crippen molar-refractivity contribution in [1.29, 1.82) is 0 Å². The number of hydrogen-bond donors (Lipinski definition) is 0. The quantitative estimate of drug-likeness (QED) is 0.331. The van der Waals surface area contributed by atoms with Gasteiger partial charge in [-0.1, -0.05) is 72.9 Å². The second-order valence-electron chi connectivity index (χ2n) is 8.06. The average molecular weight is 492 g/mol. The first-order valence-corrected chi connectivity index (χ1v) is 12.3. The predicted octanol–water partition coefficient (Wildman–Crippen LogP) is 8.34. The van der Waals surface area contributed by atoms with Gasteiger partial charge >= 0.3 is 0 Å². The second kappa shape index (κ2) is 10.1. The van der Waals surface area contributed by atoms with E-state index in [1.54, 1.807) is 0 Å². The smallest absolute Gasteiger partial charge is 0.0680 e. The molecule has 1 aliphatic heterocycles. The van der Waals surface area contributed by atoms with Gasteiger partial charge in [0.25, 0.3) is 0 Å². The summed E-state index contributed by atoms with van der Waals surface area (Å²) in [6, 6.07) is 22.9. The molecule has 1 aliphatic rings. The lowest BCUT2D eigenvalue weighted by molar-refractivity contribution is 0.366. The van der Waals surface area contributed by atoms with Crippen molar-refractivity contribution in [3.05, 3.63) is 92.9 Å². The van der Waals surface area contributed by atoms with E-state index in [1.807, 2.05) is 42.3 Å². The molecule has 3 aromatic carbocycles. The maximum absolute atomic E-state index is 6.58. The van der Waals surface area contributed by atoms with Gasteiger partial charge in [0, 0.05) is 34.6 Å². The molecular formula is C25H25Cl3N2S. The monoisotopic (exact) mass is 490 g/mol. The van der Waals surface area contributed by atoms with E-state index < -0.39 is 0 Å². The van der Waals surface area contributed by atoms with E-state index in [0.29, 0.717) is 16.0 Å². The molecule has 1 saturated heterocycles. The Morgan fingerprint density at radius 1 is 0.839 bits per heavy atom. The second-order valence-corrected chi connectivity index (χ2v) is 10.5. The van der Waals surface area contributed by atoms with Crippen molar-refractivity contribution in [2.45, 2.75) is 30.7 Å². The summed E-state index contributed by atoms with van der Waals surface area (Å²) >= 11 is 20.7. The van der Waals surface area contributed by atoms with Crippen LogP contribution in [0.5, 0.6) is 0 Å². The summed E-state index contributed by atoms with van der Waals surface area (Å²) in [5, 5.41) is 2.07. The molecule has 6 heteroatoms. The molecule has 0 N–H and O–H groups in total. The van der Waals surface area contributed by atoms with Gasteiger partial charge in [-0.25, -0.2) is 4.31 Å². The minimum Gasteiger partial charge on any atom is -0.361 e. The van der Waals surface area contributed by atoms with Crippen molar-refractivity contribution < 1.29 is 0 Å². The Hall–Kier alpha value is -1.36.